The molecule has 0 aliphatic carbocycles. The fourth-order valence-electron chi connectivity index (χ4n) is 6.98. The van der Waals surface area contributed by atoms with Crippen LogP contribution in [0.5, 0.6) is 5.75 Å². The van der Waals surface area contributed by atoms with E-state index in [4.69, 9.17) is 19.1 Å². The summed E-state index contributed by atoms with van der Waals surface area (Å²) in [5, 5.41) is 1.92. The number of hydrogen-bond donors (Lipinski definition) is 0. The average Bonchev–Trinajstić information content (AvgIpc) is 3.61. The van der Waals surface area contributed by atoms with Crippen LogP contribution in [0.1, 0.15) is 27.9 Å². The normalized spacial score (nSPS) is 11.6. The van der Waals surface area contributed by atoms with Gasteiger partial charge in [0.25, 0.3) is 0 Å². The molecule has 8 rings (SSSR count). The van der Waals surface area contributed by atoms with Crippen molar-refractivity contribution in [2.45, 2.75) is 34.6 Å². The SMILES string of the molecule is COc1cc2c(oc3nc(C)ccc32)c(-c2nc3cc(C)ccc3n2-c2c(C)cc(-c3ccc(-c4ccccc4)cc3)cc2C)c1C. The van der Waals surface area contributed by atoms with Gasteiger partial charge in [0, 0.05) is 22.0 Å². The molecule has 0 aliphatic heterocycles. The quantitative estimate of drug-likeness (QED) is 0.194. The molecule has 0 unspecified atom stereocenters. The number of methoxy groups -OCH3 is 1. The van der Waals surface area contributed by atoms with Crippen molar-refractivity contribution in [1.29, 1.82) is 0 Å². The number of fused-ring (bicyclic) bond motifs is 4. The van der Waals surface area contributed by atoms with Gasteiger partial charge < -0.3 is 9.15 Å². The van der Waals surface area contributed by atoms with Gasteiger partial charge in [0.2, 0.25) is 5.71 Å². The molecule has 0 amide bonds. The zero-order valence-electron chi connectivity index (χ0n) is 27.5. The average molecular weight is 614 g/mol. The largest absolute Gasteiger partial charge is 0.496 e. The third kappa shape index (κ3) is 4.69. The predicted molar refractivity (Wildman–Crippen MR) is 193 cm³/mol. The summed E-state index contributed by atoms with van der Waals surface area (Å²) >= 11 is 0. The predicted octanol–water partition coefficient (Wildman–Crippen LogP) is 10.9. The maximum Gasteiger partial charge on any atom is 0.227 e. The molecule has 0 fully saturated rings. The minimum atomic E-state index is 0.613. The van der Waals surface area contributed by atoms with Crippen LogP contribution in [0.15, 0.2) is 108 Å². The first-order chi connectivity index (χ1) is 22.8. The Morgan fingerprint density at radius 3 is 2.02 bits per heavy atom. The van der Waals surface area contributed by atoms with Gasteiger partial charge in [-0.25, -0.2) is 9.97 Å². The molecule has 3 heterocycles. The lowest BCUT2D eigenvalue weighted by atomic mass is 9.96. The van der Waals surface area contributed by atoms with E-state index in [2.05, 4.69) is 123 Å². The number of aromatic nitrogens is 3. The Kier molecular flexibility index (Phi) is 6.73. The topological polar surface area (TPSA) is 53.1 Å². The summed E-state index contributed by atoms with van der Waals surface area (Å²) in [6.07, 6.45) is 0. The van der Waals surface area contributed by atoms with E-state index in [0.29, 0.717) is 5.71 Å². The Bertz CT molecular complexity index is 2460. The minimum Gasteiger partial charge on any atom is -0.496 e. The minimum absolute atomic E-state index is 0.613. The van der Waals surface area contributed by atoms with Gasteiger partial charge in [-0.1, -0.05) is 60.7 Å². The van der Waals surface area contributed by atoms with Gasteiger partial charge in [0.1, 0.15) is 17.2 Å². The van der Waals surface area contributed by atoms with Crippen molar-refractivity contribution in [3.8, 4) is 45.1 Å². The highest BCUT2D eigenvalue weighted by molar-refractivity contribution is 6.10. The Morgan fingerprint density at radius 1 is 0.638 bits per heavy atom. The van der Waals surface area contributed by atoms with Crippen LogP contribution in [-0.4, -0.2) is 21.6 Å². The fourth-order valence-corrected chi connectivity index (χ4v) is 6.98. The van der Waals surface area contributed by atoms with Gasteiger partial charge in [0.15, 0.2) is 0 Å². The van der Waals surface area contributed by atoms with Crippen LogP contribution in [0.25, 0.3) is 72.4 Å². The molecule has 5 heteroatoms. The van der Waals surface area contributed by atoms with Crippen molar-refractivity contribution < 1.29 is 9.15 Å². The van der Waals surface area contributed by atoms with E-state index in [9.17, 15) is 0 Å². The molecular weight excluding hydrogens is 578 g/mol. The molecule has 5 aromatic carbocycles. The highest BCUT2D eigenvalue weighted by Gasteiger charge is 2.26. The molecule has 0 N–H and O–H groups in total. The van der Waals surface area contributed by atoms with Gasteiger partial charge in [-0.3, -0.25) is 4.57 Å². The van der Waals surface area contributed by atoms with E-state index >= 15 is 0 Å². The zero-order valence-corrected chi connectivity index (χ0v) is 27.5. The molecular formula is C42H35N3O2. The Hall–Kier alpha value is -5.68. The summed E-state index contributed by atoms with van der Waals surface area (Å²) in [5.41, 5.74) is 15.5. The lowest BCUT2D eigenvalue weighted by Crippen LogP contribution is -2.05. The van der Waals surface area contributed by atoms with E-state index < -0.39 is 0 Å². The lowest BCUT2D eigenvalue weighted by molar-refractivity contribution is 0.412. The third-order valence-electron chi connectivity index (χ3n) is 9.27. The van der Waals surface area contributed by atoms with E-state index in [-0.39, 0.29) is 0 Å². The zero-order chi connectivity index (χ0) is 32.4. The van der Waals surface area contributed by atoms with E-state index in [1.807, 2.05) is 19.1 Å². The third-order valence-corrected chi connectivity index (χ3v) is 9.27. The second-order valence-electron chi connectivity index (χ2n) is 12.5. The highest BCUT2D eigenvalue weighted by atomic mass is 16.5. The molecule has 0 atom stereocenters. The molecule has 0 saturated heterocycles. The molecule has 0 saturated carbocycles. The summed E-state index contributed by atoms with van der Waals surface area (Å²) < 4.78 is 14.8. The summed E-state index contributed by atoms with van der Waals surface area (Å²) in [7, 11) is 1.72. The smallest absolute Gasteiger partial charge is 0.227 e. The van der Waals surface area contributed by atoms with Crippen LogP contribution in [0, 0.1) is 34.6 Å². The fraction of sp³-hybridized carbons (Fsp3) is 0.143. The van der Waals surface area contributed by atoms with Gasteiger partial charge in [-0.15, -0.1) is 0 Å². The van der Waals surface area contributed by atoms with Crippen LogP contribution in [0.3, 0.4) is 0 Å². The number of rotatable bonds is 5. The first-order valence-corrected chi connectivity index (χ1v) is 15.9. The van der Waals surface area contributed by atoms with Crippen molar-refractivity contribution in [2.75, 3.05) is 7.11 Å². The van der Waals surface area contributed by atoms with Gasteiger partial charge in [0.05, 0.1) is 29.4 Å². The first-order valence-electron chi connectivity index (χ1n) is 15.9. The maximum absolute atomic E-state index is 6.57. The Morgan fingerprint density at radius 2 is 1.32 bits per heavy atom. The molecule has 0 radical (unpaired) electrons. The summed E-state index contributed by atoms with van der Waals surface area (Å²) in [5.74, 6) is 1.60. The molecule has 0 bridgehead atoms. The first kappa shape index (κ1) is 28.8. The summed E-state index contributed by atoms with van der Waals surface area (Å²) in [6, 6.07) is 36.5. The van der Waals surface area contributed by atoms with E-state index in [1.54, 1.807) is 7.11 Å². The molecule has 8 aromatic rings. The number of ether oxygens (including phenoxy) is 1. The van der Waals surface area contributed by atoms with Gasteiger partial charge in [-0.2, -0.15) is 0 Å². The monoisotopic (exact) mass is 613 g/mol. The second-order valence-corrected chi connectivity index (χ2v) is 12.5. The molecule has 47 heavy (non-hydrogen) atoms. The van der Waals surface area contributed by atoms with Crippen molar-refractivity contribution in [3.05, 3.63) is 131 Å². The van der Waals surface area contributed by atoms with E-state index in [0.717, 1.165) is 78.2 Å². The number of furan rings is 1. The maximum atomic E-state index is 6.57. The van der Waals surface area contributed by atoms with Crippen molar-refractivity contribution in [3.63, 3.8) is 0 Å². The summed E-state index contributed by atoms with van der Waals surface area (Å²) in [4.78, 5) is 10.0. The lowest BCUT2D eigenvalue weighted by Gasteiger charge is -2.19. The number of imidazole rings is 1. The van der Waals surface area contributed by atoms with Crippen molar-refractivity contribution in [2.24, 2.45) is 0 Å². The second kappa shape index (κ2) is 11.0. The van der Waals surface area contributed by atoms with Crippen LogP contribution >= 0.6 is 0 Å². The molecule has 230 valence electrons. The standard InChI is InChI=1S/C42H35N3O2/c1-24-12-19-36-35(20-24)44-41(38-28(5)37(46-6)23-34-33-18-13-27(4)43-42(33)47-40(34)38)45(36)39-25(2)21-32(22-26(39)3)31-16-14-30(15-17-31)29-10-8-7-9-11-29/h7-23H,1-6H3. The number of hydrogen-bond acceptors (Lipinski definition) is 4. The van der Waals surface area contributed by atoms with Crippen LogP contribution in [0.2, 0.25) is 0 Å². The number of aryl methyl sites for hydroxylation is 4. The number of pyridine rings is 1. The molecule has 0 aliphatic rings. The molecule has 0 spiro atoms. The van der Waals surface area contributed by atoms with Crippen LogP contribution < -0.4 is 4.74 Å². The Balaban J connectivity index is 1.36. The van der Waals surface area contributed by atoms with Gasteiger partial charge in [-0.05, 0) is 116 Å². The van der Waals surface area contributed by atoms with Crippen molar-refractivity contribution >= 4 is 33.1 Å². The molecule has 3 aromatic heterocycles. The van der Waals surface area contributed by atoms with Crippen molar-refractivity contribution in [1.82, 2.24) is 14.5 Å². The number of benzene rings is 5. The van der Waals surface area contributed by atoms with Crippen LogP contribution in [0.4, 0.5) is 0 Å². The highest BCUT2D eigenvalue weighted by Crippen LogP contribution is 2.44. The summed E-state index contributed by atoms with van der Waals surface area (Å²) in [6.45, 7) is 10.5. The van der Waals surface area contributed by atoms with E-state index in [1.165, 1.54) is 22.3 Å². The molecule has 5 nitrogen and oxygen atoms in total. The number of nitrogens with zero attached hydrogens (tertiary/aromatic N) is 3. The van der Waals surface area contributed by atoms with Crippen LogP contribution in [-0.2, 0) is 0 Å². The van der Waals surface area contributed by atoms with Gasteiger partial charge >= 0.3 is 0 Å². The Labute approximate surface area is 274 Å².